The van der Waals surface area contributed by atoms with E-state index in [0.717, 1.165) is 74.5 Å². The van der Waals surface area contributed by atoms with E-state index in [0.29, 0.717) is 0 Å². The number of hydrogen-bond donors (Lipinski definition) is 2. The van der Waals surface area contributed by atoms with Gasteiger partial charge in [0.2, 0.25) is 0 Å². The molecule has 2 aliphatic rings. The highest BCUT2D eigenvalue weighted by Crippen LogP contribution is 2.33. The molecule has 0 saturated carbocycles. The average Bonchev–Trinajstić information content (AvgIpc) is 2.70. The van der Waals surface area contributed by atoms with Crippen molar-refractivity contribution in [3.63, 3.8) is 0 Å². The van der Waals surface area contributed by atoms with Crippen molar-refractivity contribution in [2.24, 2.45) is 0 Å². The molecule has 138 valence electrons. The number of aromatic nitrogens is 1. The minimum atomic E-state index is 0.273. The highest BCUT2D eigenvalue weighted by molar-refractivity contribution is 5.70. The van der Waals surface area contributed by atoms with Gasteiger partial charge in [0.05, 0.1) is 6.20 Å². The van der Waals surface area contributed by atoms with Gasteiger partial charge in [0.1, 0.15) is 23.7 Å². The van der Waals surface area contributed by atoms with Crippen LogP contribution in [0.4, 0.5) is 0 Å². The summed E-state index contributed by atoms with van der Waals surface area (Å²) < 4.78 is 12.5. The van der Waals surface area contributed by atoms with E-state index in [4.69, 9.17) is 9.47 Å². The molecule has 0 radical (unpaired) electrons. The van der Waals surface area contributed by atoms with E-state index in [1.54, 1.807) is 0 Å². The van der Waals surface area contributed by atoms with Gasteiger partial charge in [-0.1, -0.05) is 18.2 Å². The quantitative estimate of drug-likeness (QED) is 0.865. The molecule has 2 aliphatic heterocycles. The number of hydrogen-bond acceptors (Lipinski definition) is 5. The predicted molar refractivity (Wildman–Crippen MR) is 103 cm³/mol. The van der Waals surface area contributed by atoms with Crippen LogP contribution in [0.5, 0.6) is 11.5 Å². The second-order valence-electron chi connectivity index (χ2n) is 7.04. The van der Waals surface area contributed by atoms with E-state index >= 15 is 0 Å². The molecule has 2 N–H and O–H groups in total. The van der Waals surface area contributed by atoms with Crippen LogP contribution in [0.2, 0.25) is 0 Å². The molecular weight excluding hydrogens is 326 g/mol. The Morgan fingerprint density at radius 3 is 2.19 bits per heavy atom. The summed E-state index contributed by atoms with van der Waals surface area (Å²) in [4.78, 5) is 4.41. The molecule has 2 fully saturated rings. The van der Waals surface area contributed by atoms with Gasteiger partial charge in [-0.15, -0.1) is 0 Å². The van der Waals surface area contributed by atoms with Crippen molar-refractivity contribution >= 4 is 0 Å². The molecule has 0 bridgehead atoms. The molecule has 2 aromatic rings. The fourth-order valence-electron chi connectivity index (χ4n) is 3.64. The minimum absolute atomic E-state index is 0.273. The summed E-state index contributed by atoms with van der Waals surface area (Å²) in [6.45, 7) is 4.08. The zero-order valence-electron chi connectivity index (χ0n) is 15.1. The molecule has 5 nitrogen and oxygen atoms in total. The summed E-state index contributed by atoms with van der Waals surface area (Å²) in [5, 5.41) is 6.75. The van der Waals surface area contributed by atoms with Gasteiger partial charge < -0.3 is 20.1 Å². The molecule has 5 heteroatoms. The lowest BCUT2D eigenvalue weighted by Gasteiger charge is -2.25. The first-order valence-electron chi connectivity index (χ1n) is 9.68. The number of nitrogens with zero attached hydrogens (tertiary/aromatic N) is 1. The summed E-state index contributed by atoms with van der Waals surface area (Å²) in [5.41, 5.74) is 2.12. The molecule has 0 unspecified atom stereocenters. The van der Waals surface area contributed by atoms with Gasteiger partial charge >= 0.3 is 0 Å². The van der Waals surface area contributed by atoms with Crippen molar-refractivity contribution in [3.05, 3.63) is 42.7 Å². The Labute approximate surface area is 155 Å². The molecular formula is C21H27N3O2. The standard InChI is InChI=1S/C21H27N3O2/c1-2-4-21(26-18-7-11-23-12-8-18)20(3-1)16-13-19(15-24-14-16)25-17-5-9-22-10-6-17/h1-4,13-15,17-18,22-23H,5-12H2. The average molecular weight is 353 g/mol. The Balaban J connectivity index is 1.52. The fraction of sp³-hybridized carbons (Fsp3) is 0.476. The number of ether oxygens (including phenoxy) is 2. The maximum Gasteiger partial charge on any atom is 0.138 e. The summed E-state index contributed by atoms with van der Waals surface area (Å²) >= 11 is 0. The summed E-state index contributed by atoms with van der Waals surface area (Å²) in [6, 6.07) is 10.3. The van der Waals surface area contributed by atoms with Gasteiger partial charge in [0, 0.05) is 17.3 Å². The third-order valence-corrected chi connectivity index (χ3v) is 5.08. The molecule has 0 spiro atoms. The normalized spacial score (nSPS) is 19.2. The second-order valence-corrected chi connectivity index (χ2v) is 7.04. The zero-order valence-corrected chi connectivity index (χ0v) is 15.1. The molecule has 0 aliphatic carbocycles. The van der Waals surface area contributed by atoms with E-state index < -0.39 is 0 Å². The monoisotopic (exact) mass is 353 g/mol. The van der Waals surface area contributed by atoms with E-state index in [-0.39, 0.29) is 12.2 Å². The molecule has 1 aromatic heterocycles. The topological polar surface area (TPSA) is 55.4 Å². The fourth-order valence-corrected chi connectivity index (χ4v) is 3.64. The third kappa shape index (κ3) is 4.34. The van der Waals surface area contributed by atoms with Crippen LogP contribution in [-0.4, -0.2) is 43.4 Å². The first-order valence-corrected chi connectivity index (χ1v) is 9.68. The van der Waals surface area contributed by atoms with Gasteiger partial charge in [-0.05, 0) is 64.0 Å². The number of para-hydroxylation sites is 1. The van der Waals surface area contributed by atoms with Crippen LogP contribution in [0.1, 0.15) is 25.7 Å². The Bertz CT molecular complexity index is 710. The van der Waals surface area contributed by atoms with Crippen LogP contribution in [-0.2, 0) is 0 Å². The zero-order chi connectivity index (χ0) is 17.6. The largest absolute Gasteiger partial charge is 0.490 e. The SMILES string of the molecule is c1ccc(-c2cncc(OC3CCNCC3)c2)c(OC2CCNCC2)c1. The van der Waals surface area contributed by atoms with E-state index in [1.807, 2.05) is 24.5 Å². The highest BCUT2D eigenvalue weighted by Gasteiger charge is 2.18. The van der Waals surface area contributed by atoms with Gasteiger partial charge in [0.25, 0.3) is 0 Å². The molecule has 26 heavy (non-hydrogen) atoms. The number of pyridine rings is 1. The summed E-state index contributed by atoms with van der Waals surface area (Å²) in [5.74, 6) is 1.77. The Hall–Kier alpha value is -2.11. The smallest absolute Gasteiger partial charge is 0.138 e. The number of nitrogens with one attached hydrogen (secondary N) is 2. The lowest BCUT2D eigenvalue weighted by atomic mass is 10.1. The van der Waals surface area contributed by atoms with Crippen molar-refractivity contribution in [2.45, 2.75) is 37.9 Å². The first-order chi connectivity index (χ1) is 12.9. The number of piperidine rings is 2. The lowest BCUT2D eigenvalue weighted by molar-refractivity contribution is 0.162. The van der Waals surface area contributed by atoms with Crippen LogP contribution < -0.4 is 20.1 Å². The first kappa shape index (κ1) is 17.3. The van der Waals surface area contributed by atoms with Gasteiger partial charge in [-0.3, -0.25) is 4.98 Å². The molecule has 3 heterocycles. The molecule has 0 amide bonds. The summed E-state index contributed by atoms with van der Waals surface area (Å²) in [6.07, 6.45) is 8.42. The van der Waals surface area contributed by atoms with Crippen LogP contribution in [0.15, 0.2) is 42.7 Å². The second kappa shape index (κ2) is 8.52. The highest BCUT2D eigenvalue weighted by atomic mass is 16.5. The van der Waals surface area contributed by atoms with Crippen molar-refractivity contribution in [2.75, 3.05) is 26.2 Å². The Morgan fingerprint density at radius 2 is 1.46 bits per heavy atom. The van der Waals surface area contributed by atoms with Gasteiger partial charge in [-0.25, -0.2) is 0 Å². The van der Waals surface area contributed by atoms with Crippen LogP contribution in [0, 0.1) is 0 Å². The molecule has 4 rings (SSSR count). The van der Waals surface area contributed by atoms with Crippen molar-refractivity contribution in [3.8, 4) is 22.6 Å². The van der Waals surface area contributed by atoms with Crippen LogP contribution >= 0.6 is 0 Å². The predicted octanol–water partition coefficient (Wildman–Crippen LogP) is 3.01. The molecule has 0 atom stereocenters. The third-order valence-electron chi connectivity index (χ3n) is 5.08. The Kier molecular flexibility index (Phi) is 5.67. The maximum absolute atomic E-state index is 6.31. The lowest BCUT2D eigenvalue weighted by Crippen LogP contribution is -2.34. The van der Waals surface area contributed by atoms with Gasteiger partial charge in [0.15, 0.2) is 0 Å². The van der Waals surface area contributed by atoms with Crippen molar-refractivity contribution in [1.29, 1.82) is 0 Å². The van der Waals surface area contributed by atoms with Crippen LogP contribution in [0.25, 0.3) is 11.1 Å². The van der Waals surface area contributed by atoms with E-state index in [2.05, 4.69) is 33.8 Å². The number of benzene rings is 1. The van der Waals surface area contributed by atoms with E-state index in [1.165, 1.54) is 0 Å². The Morgan fingerprint density at radius 1 is 0.808 bits per heavy atom. The minimum Gasteiger partial charge on any atom is -0.490 e. The van der Waals surface area contributed by atoms with Crippen molar-refractivity contribution < 1.29 is 9.47 Å². The van der Waals surface area contributed by atoms with E-state index in [9.17, 15) is 0 Å². The number of rotatable bonds is 5. The molecule has 2 saturated heterocycles. The molecule has 1 aromatic carbocycles. The van der Waals surface area contributed by atoms with Crippen LogP contribution in [0.3, 0.4) is 0 Å². The maximum atomic E-state index is 6.31. The van der Waals surface area contributed by atoms with Crippen molar-refractivity contribution in [1.82, 2.24) is 15.6 Å². The summed E-state index contributed by atoms with van der Waals surface area (Å²) in [7, 11) is 0. The van der Waals surface area contributed by atoms with Gasteiger partial charge in [-0.2, -0.15) is 0 Å².